The van der Waals surface area contributed by atoms with Crippen molar-refractivity contribution in [3.8, 4) is 0 Å². The Balaban J connectivity index is 2.38. The van der Waals surface area contributed by atoms with Crippen LogP contribution < -0.4 is 5.73 Å². The second kappa shape index (κ2) is 11.8. The van der Waals surface area contributed by atoms with Crippen LogP contribution in [-0.4, -0.2) is 22.9 Å². The van der Waals surface area contributed by atoms with Crippen LogP contribution >= 0.6 is 0 Å². The van der Waals surface area contributed by atoms with E-state index in [0.29, 0.717) is 6.42 Å². The lowest BCUT2D eigenvalue weighted by molar-refractivity contribution is -0.118. The van der Waals surface area contributed by atoms with Crippen LogP contribution in [0, 0.1) is 11.8 Å². The summed E-state index contributed by atoms with van der Waals surface area (Å²) >= 11 is 0. The highest BCUT2D eigenvalue weighted by Gasteiger charge is 2.26. The summed E-state index contributed by atoms with van der Waals surface area (Å²) in [6.07, 6.45) is 17.7. The summed E-state index contributed by atoms with van der Waals surface area (Å²) in [6.45, 7) is 2.14. The third kappa shape index (κ3) is 8.25. The molecule has 134 valence electrons. The van der Waals surface area contributed by atoms with Crippen molar-refractivity contribution in [2.24, 2.45) is 17.6 Å². The standard InChI is InChI=1S/C20H31NO3/c1-2-3-6-10-17(22)13-14-18-16(12-15-19(18)23)9-7-4-5-8-11-20(21)24/h4,7,12-18,22H,2-3,5-6,8-11H2,1H3,(H2,21,24)/t16-,17?,18+/m0/s1. The highest BCUT2D eigenvalue weighted by molar-refractivity contribution is 5.95. The van der Waals surface area contributed by atoms with Crippen LogP contribution in [0.25, 0.3) is 0 Å². The van der Waals surface area contributed by atoms with Crippen LogP contribution in [0.15, 0.2) is 36.5 Å². The topological polar surface area (TPSA) is 80.4 Å². The number of amides is 1. The summed E-state index contributed by atoms with van der Waals surface area (Å²) in [4.78, 5) is 22.6. The van der Waals surface area contributed by atoms with Crippen LogP contribution in [0.3, 0.4) is 0 Å². The highest BCUT2D eigenvalue weighted by atomic mass is 16.3. The smallest absolute Gasteiger partial charge is 0.217 e. The maximum absolute atomic E-state index is 12.0. The number of unbranched alkanes of at least 4 members (excludes halogenated alkanes) is 3. The van der Waals surface area contributed by atoms with Gasteiger partial charge in [-0.1, -0.05) is 56.6 Å². The Morgan fingerprint density at radius 1 is 1.33 bits per heavy atom. The van der Waals surface area contributed by atoms with Crippen LogP contribution in [0.5, 0.6) is 0 Å². The maximum Gasteiger partial charge on any atom is 0.217 e. The molecule has 4 heteroatoms. The van der Waals surface area contributed by atoms with Gasteiger partial charge in [-0.25, -0.2) is 0 Å². The van der Waals surface area contributed by atoms with Crippen molar-refractivity contribution in [1.82, 2.24) is 0 Å². The van der Waals surface area contributed by atoms with Crippen LogP contribution in [0.4, 0.5) is 0 Å². The molecule has 0 aliphatic heterocycles. The lowest BCUT2D eigenvalue weighted by Crippen LogP contribution is -2.14. The number of hydrogen-bond acceptors (Lipinski definition) is 3. The molecule has 1 aliphatic carbocycles. The van der Waals surface area contributed by atoms with Gasteiger partial charge in [-0.15, -0.1) is 0 Å². The fourth-order valence-corrected chi connectivity index (χ4v) is 2.84. The van der Waals surface area contributed by atoms with E-state index in [1.54, 1.807) is 12.2 Å². The van der Waals surface area contributed by atoms with Crippen molar-refractivity contribution in [1.29, 1.82) is 0 Å². The number of rotatable bonds is 12. The Morgan fingerprint density at radius 2 is 2.12 bits per heavy atom. The number of aliphatic hydroxyl groups is 1. The van der Waals surface area contributed by atoms with Crippen molar-refractivity contribution < 1.29 is 14.7 Å². The molecule has 0 aromatic heterocycles. The number of allylic oxidation sites excluding steroid dienone is 5. The van der Waals surface area contributed by atoms with Gasteiger partial charge in [-0.05, 0) is 37.7 Å². The normalized spacial score (nSPS) is 22.0. The number of ketones is 1. The SMILES string of the molecule is CCCCCC(O)C=C[C@H]1C(=O)C=C[C@@H]1CC=CCCCC(N)=O. The number of carbonyl (C=O) groups excluding carboxylic acids is 2. The van der Waals surface area contributed by atoms with Crippen LogP contribution in [0.2, 0.25) is 0 Å². The quantitative estimate of drug-likeness (QED) is 0.424. The van der Waals surface area contributed by atoms with Crippen molar-refractivity contribution in [3.63, 3.8) is 0 Å². The van der Waals surface area contributed by atoms with Gasteiger partial charge in [0.1, 0.15) is 0 Å². The molecule has 0 bridgehead atoms. The van der Waals surface area contributed by atoms with Crippen molar-refractivity contribution >= 4 is 11.7 Å². The Labute approximate surface area is 145 Å². The molecule has 0 aromatic rings. The molecule has 0 radical (unpaired) electrons. The zero-order valence-corrected chi connectivity index (χ0v) is 14.7. The van der Waals surface area contributed by atoms with E-state index in [4.69, 9.17) is 5.73 Å². The molecule has 24 heavy (non-hydrogen) atoms. The van der Waals surface area contributed by atoms with Gasteiger partial charge >= 0.3 is 0 Å². The summed E-state index contributed by atoms with van der Waals surface area (Å²) in [5.41, 5.74) is 5.10. The lowest BCUT2D eigenvalue weighted by atomic mass is 9.90. The van der Waals surface area contributed by atoms with Crippen molar-refractivity contribution in [3.05, 3.63) is 36.5 Å². The summed E-state index contributed by atoms with van der Waals surface area (Å²) in [6, 6.07) is 0. The van der Waals surface area contributed by atoms with Gasteiger partial charge in [0.05, 0.1) is 6.10 Å². The zero-order valence-electron chi connectivity index (χ0n) is 14.7. The lowest BCUT2D eigenvalue weighted by Gasteiger charge is -2.13. The van der Waals surface area contributed by atoms with E-state index >= 15 is 0 Å². The summed E-state index contributed by atoms with van der Waals surface area (Å²) < 4.78 is 0. The molecule has 3 atom stereocenters. The van der Waals surface area contributed by atoms with Crippen LogP contribution in [-0.2, 0) is 9.59 Å². The molecule has 0 aromatic carbocycles. The van der Waals surface area contributed by atoms with Gasteiger partial charge in [0.2, 0.25) is 5.91 Å². The molecule has 0 heterocycles. The average Bonchev–Trinajstić information content (AvgIpc) is 2.89. The molecular formula is C20H31NO3. The molecule has 1 aliphatic rings. The van der Waals surface area contributed by atoms with E-state index in [1.165, 1.54) is 0 Å². The molecule has 0 saturated carbocycles. The Kier molecular flexibility index (Phi) is 10.0. The van der Waals surface area contributed by atoms with Gasteiger partial charge in [0.15, 0.2) is 5.78 Å². The van der Waals surface area contributed by atoms with E-state index < -0.39 is 6.10 Å². The molecule has 4 nitrogen and oxygen atoms in total. The van der Waals surface area contributed by atoms with Crippen LogP contribution in [0.1, 0.15) is 58.3 Å². The van der Waals surface area contributed by atoms with Crippen molar-refractivity contribution in [2.75, 3.05) is 0 Å². The number of aliphatic hydroxyl groups excluding tert-OH is 1. The summed E-state index contributed by atoms with van der Waals surface area (Å²) in [7, 11) is 0. The van der Waals surface area contributed by atoms with Gasteiger partial charge < -0.3 is 10.8 Å². The molecule has 3 N–H and O–H groups in total. The Bertz CT molecular complexity index is 479. The van der Waals surface area contributed by atoms with Gasteiger partial charge in [-0.2, -0.15) is 0 Å². The minimum Gasteiger partial charge on any atom is -0.389 e. The zero-order chi connectivity index (χ0) is 17.8. The summed E-state index contributed by atoms with van der Waals surface area (Å²) in [5.74, 6) is -0.167. The van der Waals surface area contributed by atoms with E-state index in [9.17, 15) is 14.7 Å². The van der Waals surface area contributed by atoms with Gasteiger partial charge in [0, 0.05) is 12.3 Å². The molecule has 1 rings (SSSR count). The van der Waals surface area contributed by atoms with E-state index in [0.717, 1.165) is 44.9 Å². The maximum atomic E-state index is 12.0. The molecule has 0 spiro atoms. The molecular weight excluding hydrogens is 302 g/mol. The molecule has 1 amide bonds. The Morgan fingerprint density at radius 3 is 2.83 bits per heavy atom. The number of hydrogen-bond donors (Lipinski definition) is 2. The predicted molar refractivity (Wildman–Crippen MR) is 97.2 cm³/mol. The fraction of sp³-hybridized carbons (Fsp3) is 0.600. The second-order valence-electron chi connectivity index (χ2n) is 6.46. The first kappa shape index (κ1) is 20.4. The van der Waals surface area contributed by atoms with E-state index in [2.05, 4.69) is 13.0 Å². The van der Waals surface area contributed by atoms with Gasteiger partial charge in [-0.3, -0.25) is 9.59 Å². The molecule has 0 fully saturated rings. The average molecular weight is 333 g/mol. The number of nitrogens with two attached hydrogens (primary N) is 1. The fourth-order valence-electron chi connectivity index (χ4n) is 2.84. The van der Waals surface area contributed by atoms with E-state index in [-0.39, 0.29) is 23.5 Å². The Hall–Kier alpha value is -1.68. The summed E-state index contributed by atoms with van der Waals surface area (Å²) in [5, 5.41) is 9.96. The van der Waals surface area contributed by atoms with Gasteiger partial charge in [0.25, 0.3) is 0 Å². The van der Waals surface area contributed by atoms with E-state index in [1.807, 2.05) is 18.2 Å². The largest absolute Gasteiger partial charge is 0.389 e. The highest BCUT2D eigenvalue weighted by Crippen LogP contribution is 2.27. The predicted octanol–water partition coefficient (Wildman–Crippen LogP) is 3.46. The third-order valence-electron chi connectivity index (χ3n) is 4.31. The molecule has 0 saturated heterocycles. The monoisotopic (exact) mass is 333 g/mol. The molecule has 1 unspecified atom stereocenters. The number of primary amides is 1. The third-order valence-corrected chi connectivity index (χ3v) is 4.31. The second-order valence-corrected chi connectivity index (χ2v) is 6.46. The first-order chi connectivity index (χ1) is 11.5. The van der Waals surface area contributed by atoms with Crippen molar-refractivity contribution in [2.45, 2.75) is 64.4 Å². The first-order valence-electron chi connectivity index (χ1n) is 9.06. The number of carbonyl (C=O) groups is 2. The first-order valence-corrected chi connectivity index (χ1v) is 9.06. The minimum absolute atomic E-state index is 0.110. The minimum atomic E-state index is -0.463.